The van der Waals surface area contributed by atoms with Gasteiger partial charge in [-0.05, 0) is 44.0 Å². The zero-order valence-corrected chi connectivity index (χ0v) is 12.3. The fourth-order valence-corrected chi connectivity index (χ4v) is 2.03. The van der Waals surface area contributed by atoms with Gasteiger partial charge in [-0.1, -0.05) is 26.0 Å². The van der Waals surface area contributed by atoms with Crippen molar-refractivity contribution in [2.24, 2.45) is 0 Å². The molecule has 3 heteroatoms. The Morgan fingerprint density at radius 1 is 1.37 bits per heavy atom. The quantitative estimate of drug-likeness (QED) is 0.766. The Balaban J connectivity index is 2.50. The van der Waals surface area contributed by atoms with Crippen molar-refractivity contribution in [2.45, 2.75) is 46.0 Å². The van der Waals surface area contributed by atoms with E-state index in [1.807, 2.05) is 12.1 Å². The van der Waals surface area contributed by atoms with Gasteiger partial charge in [0, 0.05) is 18.4 Å². The van der Waals surface area contributed by atoms with E-state index in [4.69, 9.17) is 0 Å². The van der Waals surface area contributed by atoms with Crippen LogP contribution >= 0.6 is 0 Å². The van der Waals surface area contributed by atoms with E-state index < -0.39 is 0 Å². The Bertz CT molecular complexity index is 440. The van der Waals surface area contributed by atoms with E-state index in [0.717, 1.165) is 25.1 Å². The highest BCUT2D eigenvalue weighted by Crippen LogP contribution is 2.24. The number of carbonyl (C=O) groups excluding carboxylic acids is 1. The smallest absolute Gasteiger partial charge is 0.129 e. The van der Waals surface area contributed by atoms with Crippen LogP contribution < -0.4 is 5.32 Å². The summed E-state index contributed by atoms with van der Waals surface area (Å²) in [6.45, 7) is 9.33. The van der Waals surface area contributed by atoms with Gasteiger partial charge in [-0.25, -0.2) is 4.39 Å². The molecule has 106 valence electrons. The number of halogens is 1. The van der Waals surface area contributed by atoms with Gasteiger partial charge in [0.2, 0.25) is 0 Å². The Labute approximate surface area is 115 Å². The van der Waals surface area contributed by atoms with Crippen molar-refractivity contribution in [1.29, 1.82) is 0 Å². The van der Waals surface area contributed by atoms with Crippen LogP contribution in [0.2, 0.25) is 0 Å². The topological polar surface area (TPSA) is 29.1 Å². The minimum Gasteiger partial charge on any atom is -0.316 e. The molecule has 0 aromatic heterocycles. The van der Waals surface area contributed by atoms with Gasteiger partial charge in [0.1, 0.15) is 11.6 Å². The standard InChI is InChI=1S/C16H24FNO/c1-12-10-14(7-8-15(12)17)16(3,4)11-18-9-5-6-13(2)19/h7-8,10,18H,5-6,9,11H2,1-4H3. The molecule has 1 N–H and O–H groups in total. The van der Waals surface area contributed by atoms with Crippen molar-refractivity contribution < 1.29 is 9.18 Å². The summed E-state index contributed by atoms with van der Waals surface area (Å²) >= 11 is 0. The van der Waals surface area contributed by atoms with Crippen molar-refractivity contribution >= 4 is 5.78 Å². The number of hydrogen-bond donors (Lipinski definition) is 1. The average Bonchev–Trinajstić information content (AvgIpc) is 2.31. The van der Waals surface area contributed by atoms with Crippen molar-refractivity contribution in [3.63, 3.8) is 0 Å². The number of hydrogen-bond acceptors (Lipinski definition) is 2. The Kier molecular flexibility index (Phi) is 5.67. The summed E-state index contributed by atoms with van der Waals surface area (Å²) in [6.07, 6.45) is 1.50. The first kappa shape index (κ1) is 15.8. The second-order valence-corrected chi connectivity index (χ2v) is 5.83. The molecule has 2 nitrogen and oxygen atoms in total. The van der Waals surface area contributed by atoms with Crippen LogP contribution in [0.3, 0.4) is 0 Å². The summed E-state index contributed by atoms with van der Waals surface area (Å²) in [6, 6.07) is 5.29. The predicted molar refractivity (Wildman–Crippen MR) is 76.9 cm³/mol. The first-order valence-electron chi connectivity index (χ1n) is 6.80. The van der Waals surface area contributed by atoms with Gasteiger partial charge in [0.05, 0.1) is 0 Å². The van der Waals surface area contributed by atoms with Gasteiger partial charge >= 0.3 is 0 Å². The lowest BCUT2D eigenvalue weighted by Crippen LogP contribution is -2.33. The summed E-state index contributed by atoms with van der Waals surface area (Å²) in [5.74, 6) is 0.0733. The highest BCUT2D eigenvalue weighted by Gasteiger charge is 2.20. The third-order valence-corrected chi connectivity index (χ3v) is 3.39. The third kappa shape index (κ3) is 5.11. The van der Waals surface area contributed by atoms with Crippen LogP contribution in [0.15, 0.2) is 18.2 Å². The summed E-state index contributed by atoms with van der Waals surface area (Å²) in [7, 11) is 0. The van der Waals surface area contributed by atoms with E-state index in [1.54, 1.807) is 13.8 Å². The summed E-state index contributed by atoms with van der Waals surface area (Å²) < 4.78 is 13.3. The number of benzene rings is 1. The summed E-state index contributed by atoms with van der Waals surface area (Å²) in [5, 5.41) is 3.37. The van der Waals surface area contributed by atoms with Crippen LogP contribution in [-0.2, 0) is 10.2 Å². The monoisotopic (exact) mass is 265 g/mol. The minimum atomic E-state index is -0.158. The van der Waals surface area contributed by atoms with Crippen LogP contribution in [0.25, 0.3) is 0 Å². The molecule has 0 bridgehead atoms. The van der Waals surface area contributed by atoms with Crippen molar-refractivity contribution in [3.05, 3.63) is 35.1 Å². The lowest BCUT2D eigenvalue weighted by Gasteiger charge is -2.26. The van der Waals surface area contributed by atoms with Gasteiger partial charge in [-0.3, -0.25) is 0 Å². The molecular weight excluding hydrogens is 241 g/mol. The van der Waals surface area contributed by atoms with Gasteiger partial charge < -0.3 is 10.1 Å². The number of ketones is 1. The third-order valence-electron chi connectivity index (χ3n) is 3.39. The van der Waals surface area contributed by atoms with E-state index in [2.05, 4.69) is 19.2 Å². The molecular formula is C16H24FNO. The first-order valence-corrected chi connectivity index (χ1v) is 6.80. The maximum Gasteiger partial charge on any atom is 0.129 e. The van der Waals surface area contributed by atoms with Crippen molar-refractivity contribution in [1.82, 2.24) is 5.32 Å². The minimum absolute atomic E-state index is 0.0469. The van der Waals surface area contributed by atoms with Gasteiger partial charge in [0.15, 0.2) is 0 Å². The van der Waals surface area contributed by atoms with Crippen LogP contribution in [0, 0.1) is 12.7 Å². The molecule has 0 saturated carbocycles. The van der Waals surface area contributed by atoms with Crippen LogP contribution in [0.4, 0.5) is 4.39 Å². The van der Waals surface area contributed by atoms with Crippen LogP contribution in [0.5, 0.6) is 0 Å². The van der Waals surface area contributed by atoms with E-state index in [-0.39, 0.29) is 17.0 Å². The molecule has 19 heavy (non-hydrogen) atoms. The maximum atomic E-state index is 13.3. The lowest BCUT2D eigenvalue weighted by atomic mass is 9.84. The van der Waals surface area contributed by atoms with E-state index in [9.17, 15) is 9.18 Å². The maximum absolute atomic E-state index is 13.3. The van der Waals surface area contributed by atoms with Crippen molar-refractivity contribution in [2.75, 3.05) is 13.1 Å². The molecule has 0 saturated heterocycles. The first-order chi connectivity index (χ1) is 8.83. The fourth-order valence-electron chi connectivity index (χ4n) is 2.03. The summed E-state index contributed by atoms with van der Waals surface area (Å²) in [5.41, 5.74) is 1.77. The molecule has 0 aliphatic rings. The molecule has 1 aromatic carbocycles. The number of Topliss-reactive ketones (excluding diaryl/α,β-unsaturated/α-hetero) is 1. The second kappa shape index (κ2) is 6.80. The van der Waals surface area contributed by atoms with E-state index in [0.29, 0.717) is 12.0 Å². The molecule has 0 radical (unpaired) electrons. The Morgan fingerprint density at radius 3 is 2.63 bits per heavy atom. The number of rotatable bonds is 7. The average molecular weight is 265 g/mol. The number of aryl methyl sites for hydroxylation is 1. The van der Waals surface area contributed by atoms with Gasteiger partial charge in [-0.15, -0.1) is 0 Å². The molecule has 0 fully saturated rings. The molecule has 0 spiro atoms. The van der Waals surface area contributed by atoms with E-state index in [1.165, 1.54) is 6.07 Å². The van der Waals surface area contributed by atoms with Gasteiger partial charge in [-0.2, -0.15) is 0 Å². The zero-order chi connectivity index (χ0) is 14.5. The molecule has 0 atom stereocenters. The Hall–Kier alpha value is -1.22. The zero-order valence-electron chi connectivity index (χ0n) is 12.3. The molecule has 0 aliphatic heterocycles. The molecule has 0 amide bonds. The molecule has 0 aliphatic carbocycles. The summed E-state index contributed by atoms with van der Waals surface area (Å²) in [4.78, 5) is 10.8. The van der Waals surface area contributed by atoms with Crippen molar-refractivity contribution in [3.8, 4) is 0 Å². The van der Waals surface area contributed by atoms with E-state index >= 15 is 0 Å². The largest absolute Gasteiger partial charge is 0.316 e. The highest BCUT2D eigenvalue weighted by atomic mass is 19.1. The Morgan fingerprint density at radius 2 is 2.05 bits per heavy atom. The molecule has 0 unspecified atom stereocenters. The molecule has 0 heterocycles. The SMILES string of the molecule is CC(=O)CCCNCC(C)(C)c1ccc(F)c(C)c1. The van der Waals surface area contributed by atoms with Crippen LogP contribution in [-0.4, -0.2) is 18.9 Å². The van der Waals surface area contributed by atoms with Crippen LogP contribution in [0.1, 0.15) is 44.7 Å². The molecule has 1 rings (SSSR count). The van der Waals surface area contributed by atoms with Gasteiger partial charge in [0.25, 0.3) is 0 Å². The fraction of sp³-hybridized carbons (Fsp3) is 0.562. The predicted octanol–water partition coefficient (Wildman–Crippen LogP) is 3.37. The molecule has 1 aromatic rings. The number of nitrogens with one attached hydrogen (secondary N) is 1. The second-order valence-electron chi connectivity index (χ2n) is 5.83. The highest BCUT2D eigenvalue weighted by molar-refractivity contribution is 5.75. The number of carbonyl (C=O) groups is 1. The normalized spacial score (nSPS) is 11.6. The lowest BCUT2D eigenvalue weighted by molar-refractivity contribution is -0.117.